The Balaban J connectivity index is 2.35. The molecule has 0 bridgehead atoms. The molecule has 0 radical (unpaired) electrons. The van der Waals surface area contributed by atoms with Crippen molar-refractivity contribution in [1.29, 1.82) is 0 Å². The van der Waals surface area contributed by atoms with E-state index in [0.29, 0.717) is 11.2 Å². The summed E-state index contributed by atoms with van der Waals surface area (Å²) in [5.41, 5.74) is 0.0427. The van der Waals surface area contributed by atoms with E-state index in [2.05, 4.69) is 20.9 Å². The lowest BCUT2D eigenvalue weighted by molar-refractivity contribution is -0.137. The van der Waals surface area contributed by atoms with Gasteiger partial charge in [0.15, 0.2) is 5.54 Å². The van der Waals surface area contributed by atoms with Crippen molar-refractivity contribution in [3.05, 3.63) is 35.9 Å². The Labute approximate surface area is 96.3 Å². The summed E-state index contributed by atoms with van der Waals surface area (Å²) in [6.07, 6.45) is 0. The molecular formula is C11H10BrNO2. The van der Waals surface area contributed by atoms with Crippen molar-refractivity contribution in [1.82, 2.24) is 0 Å². The van der Waals surface area contributed by atoms with E-state index in [9.17, 15) is 4.79 Å². The Morgan fingerprint density at radius 2 is 2.07 bits per heavy atom. The monoisotopic (exact) mass is 267 g/mol. The van der Waals surface area contributed by atoms with Crippen molar-refractivity contribution in [2.75, 3.05) is 5.33 Å². The highest BCUT2D eigenvalue weighted by atomic mass is 79.9. The lowest BCUT2D eigenvalue weighted by atomic mass is 10.1. The van der Waals surface area contributed by atoms with E-state index in [1.807, 2.05) is 30.3 Å². The van der Waals surface area contributed by atoms with Crippen molar-refractivity contribution in [2.45, 2.75) is 12.5 Å². The number of halogens is 1. The second-order valence-corrected chi connectivity index (χ2v) is 4.14. The zero-order chi connectivity index (χ0) is 10.9. The predicted octanol–water partition coefficient (Wildman–Crippen LogP) is 2.14. The van der Waals surface area contributed by atoms with Gasteiger partial charge in [-0.2, -0.15) is 0 Å². The molecule has 1 aromatic rings. The third-order valence-corrected chi connectivity index (χ3v) is 3.35. The lowest BCUT2D eigenvalue weighted by Gasteiger charge is -2.10. The second-order valence-electron chi connectivity index (χ2n) is 3.58. The van der Waals surface area contributed by atoms with Crippen LogP contribution in [-0.2, 0) is 9.53 Å². The minimum Gasteiger partial charge on any atom is -0.405 e. The van der Waals surface area contributed by atoms with E-state index in [1.54, 1.807) is 6.92 Å². The van der Waals surface area contributed by atoms with E-state index in [4.69, 9.17) is 4.74 Å². The summed E-state index contributed by atoms with van der Waals surface area (Å²) < 4.78 is 5.13. The van der Waals surface area contributed by atoms with Crippen molar-refractivity contribution in [3.8, 4) is 0 Å². The number of esters is 1. The highest BCUT2D eigenvalue weighted by molar-refractivity contribution is 9.09. The average molecular weight is 268 g/mol. The van der Waals surface area contributed by atoms with E-state index < -0.39 is 5.54 Å². The van der Waals surface area contributed by atoms with Crippen LogP contribution in [0.2, 0.25) is 0 Å². The number of benzene rings is 1. The largest absolute Gasteiger partial charge is 0.405 e. The molecule has 0 amide bonds. The maximum Gasteiger partial charge on any atom is 0.341 e. The fraction of sp³-hybridized carbons (Fsp3) is 0.273. The maximum absolute atomic E-state index is 11.5. The van der Waals surface area contributed by atoms with E-state index in [1.165, 1.54) is 0 Å². The predicted molar refractivity (Wildman–Crippen MR) is 61.3 cm³/mol. The molecule has 1 aliphatic heterocycles. The van der Waals surface area contributed by atoms with Gasteiger partial charge in [-0.25, -0.2) is 9.79 Å². The molecule has 2 rings (SSSR count). The number of carbonyl (C=O) groups is 1. The average Bonchev–Trinajstić information content (AvgIpc) is 2.58. The zero-order valence-corrected chi connectivity index (χ0v) is 9.82. The van der Waals surface area contributed by atoms with Gasteiger partial charge in [0.1, 0.15) is 0 Å². The SMILES string of the molecule is C[C@]1(CBr)N=C(c2ccccc2)OC1=O. The summed E-state index contributed by atoms with van der Waals surface area (Å²) in [5, 5.41) is 0.467. The number of hydrogen-bond acceptors (Lipinski definition) is 3. The summed E-state index contributed by atoms with van der Waals surface area (Å²) in [4.78, 5) is 15.8. The molecule has 0 unspecified atom stereocenters. The molecule has 4 heteroatoms. The minimum atomic E-state index is -0.787. The molecule has 1 heterocycles. The molecular weight excluding hydrogens is 258 g/mol. The van der Waals surface area contributed by atoms with Crippen LogP contribution in [0.3, 0.4) is 0 Å². The van der Waals surface area contributed by atoms with Crippen LogP contribution >= 0.6 is 15.9 Å². The molecule has 1 atom stereocenters. The molecule has 0 aromatic heterocycles. The molecule has 1 aromatic carbocycles. The summed E-state index contributed by atoms with van der Waals surface area (Å²) in [6, 6.07) is 9.41. The normalized spacial score (nSPS) is 24.9. The molecule has 0 saturated carbocycles. The van der Waals surface area contributed by atoms with Crippen molar-refractivity contribution in [2.24, 2.45) is 4.99 Å². The fourth-order valence-electron chi connectivity index (χ4n) is 1.28. The summed E-state index contributed by atoms with van der Waals surface area (Å²) >= 11 is 3.26. The highest BCUT2D eigenvalue weighted by Gasteiger charge is 2.40. The molecule has 0 aliphatic carbocycles. The quantitative estimate of drug-likeness (QED) is 0.609. The summed E-state index contributed by atoms with van der Waals surface area (Å²) in [5.74, 6) is 0.0979. The number of alkyl halides is 1. The van der Waals surface area contributed by atoms with Gasteiger partial charge in [0, 0.05) is 10.9 Å². The number of carbonyl (C=O) groups excluding carboxylic acids is 1. The molecule has 78 valence electrons. The van der Waals surface area contributed by atoms with Crippen molar-refractivity contribution >= 4 is 27.8 Å². The Hall–Kier alpha value is -1.16. The standard InChI is InChI=1S/C11H10BrNO2/c1-11(7-12)10(14)15-9(13-11)8-5-3-2-4-6-8/h2-6H,7H2,1H3/t11-/m1/s1. The molecule has 3 nitrogen and oxygen atoms in total. The second kappa shape index (κ2) is 3.77. The van der Waals surface area contributed by atoms with Crippen LogP contribution in [-0.4, -0.2) is 22.7 Å². The third kappa shape index (κ3) is 1.81. The van der Waals surface area contributed by atoms with E-state index >= 15 is 0 Å². The molecule has 0 N–H and O–H groups in total. The van der Waals surface area contributed by atoms with Crippen LogP contribution in [0.15, 0.2) is 35.3 Å². The minimum absolute atomic E-state index is 0.307. The van der Waals surface area contributed by atoms with Crippen molar-refractivity contribution < 1.29 is 9.53 Å². The number of ether oxygens (including phenoxy) is 1. The number of cyclic esters (lactones) is 1. The first-order chi connectivity index (χ1) is 7.15. The van der Waals surface area contributed by atoms with Crippen LogP contribution in [0.25, 0.3) is 0 Å². The Kier molecular flexibility index (Phi) is 2.61. The van der Waals surface area contributed by atoms with Gasteiger partial charge < -0.3 is 4.74 Å². The molecule has 0 spiro atoms. The summed E-state index contributed by atoms with van der Waals surface area (Å²) in [7, 11) is 0. The van der Waals surface area contributed by atoms with Crippen molar-refractivity contribution in [3.63, 3.8) is 0 Å². The molecule has 0 fully saturated rings. The maximum atomic E-state index is 11.5. The first-order valence-corrected chi connectivity index (χ1v) is 5.71. The van der Waals surface area contributed by atoms with Crippen LogP contribution in [0.1, 0.15) is 12.5 Å². The van der Waals surface area contributed by atoms with Gasteiger partial charge in [0.05, 0.1) is 0 Å². The van der Waals surface area contributed by atoms with Gasteiger partial charge in [0.25, 0.3) is 0 Å². The number of hydrogen-bond donors (Lipinski definition) is 0. The number of nitrogens with zero attached hydrogens (tertiary/aromatic N) is 1. The lowest BCUT2D eigenvalue weighted by Crippen LogP contribution is -2.31. The van der Waals surface area contributed by atoms with Crippen LogP contribution < -0.4 is 0 Å². The van der Waals surface area contributed by atoms with Gasteiger partial charge in [0.2, 0.25) is 5.90 Å². The smallest absolute Gasteiger partial charge is 0.341 e. The van der Waals surface area contributed by atoms with Gasteiger partial charge in [-0.1, -0.05) is 34.1 Å². The highest BCUT2D eigenvalue weighted by Crippen LogP contribution is 2.24. The molecule has 1 aliphatic rings. The van der Waals surface area contributed by atoms with E-state index in [0.717, 1.165) is 5.56 Å². The zero-order valence-electron chi connectivity index (χ0n) is 8.24. The topological polar surface area (TPSA) is 38.7 Å². The van der Waals surface area contributed by atoms with Gasteiger partial charge in [-0.05, 0) is 19.1 Å². The Bertz CT molecular complexity index is 416. The van der Waals surface area contributed by atoms with Gasteiger partial charge in [-0.15, -0.1) is 0 Å². The summed E-state index contributed by atoms with van der Waals surface area (Å²) in [6.45, 7) is 1.75. The Morgan fingerprint density at radius 3 is 2.60 bits per heavy atom. The number of aliphatic imine (C=N–C) groups is 1. The van der Waals surface area contributed by atoms with Crippen LogP contribution in [0, 0.1) is 0 Å². The van der Waals surface area contributed by atoms with Crippen LogP contribution in [0.4, 0.5) is 0 Å². The van der Waals surface area contributed by atoms with Gasteiger partial charge in [-0.3, -0.25) is 0 Å². The van der Waals surface area contributed by atoms with Gasteiger partial charge >= 0.3 is 5.97 Å². The van der Waals surface area contributed by atoms with Crippen LogP contribution in [0.5, 0.6) is 0 Å². The first-order valence-electron chi connectivity index (χ1n) is 4.59. The number of rotatable bonds is 2. The Morgan fingerprint density at radius 1 is 1.40 bits per heavy atom. The first kappa shape index (κ1) is 10.4. The fourth-order valence-corrected chi connectivity index (χ4v) is 1.63. The molecule has 0 saturated heterocycles. The molecule has 15 heavy (non-hydrogen) atoms. The van der Waals surface area contributed by atoms with E-state index in [-0.39, 0.29) is 5.97 Å². The third-order valence-electron chi connectivity index (χ3n) is 2.26.